The van der Waals surface area contributed by atoms with Crippen molar-refractivity contribution in [2.24, 2.45) is 0 Å². The van der Waals surface area contributed by atoms with Crippen LogP contribution in [0, 0.1) is 0 Å². The molecule has 3 rings (SSSR count). The first-order valence-corrected chi connectivity index (χ1v) is 6.63. The summed E-state index contributed by atoms with van der Waals surface area (Å²) in [5, 5.41) is 3.15. The lowest BCUT2D eigenvalue weighted by Gasteiger charge is -2.36. The summed E-state index contributed by atoms with van der Waals surface area (Å²) in [6.45, 7) is 1.98. The molecule has 1 aromatic carbocycles. The summed E-state index contributed by atoms with van der Waals surface area (Å²) in [6, 6.07) is 7.13. The van der Waals surface area contributed by atoms with Gasteiger partial charge in [0.25, 0.3) is 0 Å². The molecule has 0 saturated carbocycles. The molecule has 98 valence electrons. The second-order valence-corrected chi connectivity index (χ2v) is 5.11. The van der Waals surface area contributed by atoms with Crippen LogP contribution in [-0.4, -0.2) is 41.6 Å². The highest BCUT2D eigenvalue weighted by atomic mass is 35.5. The number of carbonyl (C=O) groups excluding carboxylic acids is 2. The van der Waals surface area contributed by atoms with Crippen LogP contribution in [0.4, 0.5) is 0 Å². The molecule has 1 N–H and O–H groups in total. The van der Waals surface area contributed by atoms with Gasteiger partial charge in [0, 0.05) is 25.2 Å². The predicted molar refractivity (Wildman–Crippen MR) is 73.0 cm³/mol. The first-order valence-electron chi connectivity index (χ1n) is 6.19. The third-order valence-electron chi connectivity index (χ3n) is 3.43. The van der Waals surface area contributed by atoms with E-state index in [1.807, 2.05) is 12.1 Å². The molecule has 0 spiro atoms. The SMILES string of the molecule is O=C1C(=O)c2ccccc2C=C1N1CCNCC1Cl. The molecule has 2 aliphatic rings. The van der Waals surface area contributed by atoms with Crippen molar-refractivity contribution >= 4 is 29.2 Å². The van der Waals surface area contributed by atoms with Crippen LogP contribution >= 0.6 is 11.6 Å². The van der Waals surface area contributed by atoms with E-state index in [9.17, 15) is 9.59 Å². The number of Topliss-reactive ketones (excluding diaryl/α,β-unsaturated/α-hetero) is 2. The molecule has 0 aromatic heterocycles. The van der Waals surface area contributed by atoms with Crippen molar-refractivity contribution in [1.29, 1.82) is 0 Å². The van der Waals surface area contributed by atoms with Gasteiger partial charge in [-0.15, -0.1) is 0 Å². The summed E-state index contributed by atoms with van der Waals surface area (Å²) in [5.41, 5.74) is 1.36. The molecule has 19 heavy (non-hydrogen) atoms. The summed E-state index contributed by atoms with van der Waals surface area (Å²) in [7, 11) is 0. The average molecular weight is 277 g/mol. The molecule has 1 saturated heterocycles. The molecule has 0 amide bonds. The topological polar surface area (TPSA) is 49.4 Å². The molecule has 1 fully saturated rings. The van der Waals surface area contributed by atoms with Gasteiger partial charge in [0.1, 0.15) is 5.50 Å². The van der Waals surface area contributed by atoms with E-state index < -0.39 is 11.6 Å². The fourth-order valence-corrected chi connectivity index (χ4v) is 2.75. The number of allylic oxidation sites excluding steroid dienone is 1. The average Bonchev–Trinajstić information content (AvgIpc) is 2.44. The van der Waals surface area contributed by atoms with Gasteiger partial charge in [-0.1, -0.05) is 35.9 Å². The number of piperazine rings is 1. The van der Waals surface area contributed by atoms with Gasteiger partial charge in [-0.05, 0) is 11.6 Å². The van der Waals surface area contributed by atoms with Crippen molar-refractivity contribution in [1.82, 2.24) is 10.2 Å². The Morgan fingerprint density at radius 3 is 2.79 bits per heavy atom. The quantitative estimate of drug-likeness (QED) is 0.477. The molecule has 1 unspecified atom stereocenters. The van der Waals surface area contributed by atoms with Crippen molar-refractivity contribution in [3.63, 3.8) is 0 Å². The van der Waals surface area contributed by atoms with Crippen LogP contribution in [0.2, 0.25) is 0 Å². The van der Waals surface area contributed by atoms with Crippen molar-refractivity contribution in [2.75, 3.05) is 19.6 Å². The summed E-state index contributed by atoms with van der Waals surface area (Å²) in [6.07, 6.45) is 1.76. The zero-order chi connectivity index (χ0) is 13.4. The van der Waals surface area contributed by atoms with Crippen LogP contribution in [0.3, 0.4) is 0 Å². The zero-order valence-corrected chi connectivity index (χ0v) is 11.0. The fraction of sp³-hybridized carbons (Fsp3) is 0.286. The highest BCUT2D eigenvalue weighted by molar-refractivity contribution is 6.51. The Kier molecular flexibility index (Phi) is 3.12. The number of ketones is 2. The number of benzene rings is 1. The zero-order valence-electron chi connectivity index (χ0n) is 10.2. The Labute approximate surface area is 116 Å². The monoisotopic (exact) mass is 276 g/mol. The van der Waals surface area contributed by atoms with E-state index in [0.29, 0.717) is 24.4 Å². The molecular formula is C14H13ClN2O2. The maximum atomic E-state index is 12.2. The van der Waals surface area contributed by atoms with Crippen molar-refractivity contribution in [2.45, 2.75) is 5.50 Å². The first-order chi connectivity index (χ1) is 9.18. The van der Waals surface area contributed by atoms with Crippen molar-refractivity contribution in [3.8, 4) is 0 Å². The van der Waals surface area contributed by atoms with E-state index >= 15 is 0 Å². The maximum Gasteiger partial charge on any atom is 0.249 e. The van der Waals surface area contributed by atoms with Gasteiger partial charge in [-0.3, -0.25) is 9.59 Å². The van der Waals surface area contributed by atoms with E-state index in [2.05, 4.69) is 5.32 Å². The van der Waals surface area contributed by atoms with Crippen molar-refractivity contribution in [3.05, 3.63) is 41.1 Å². The van der Waals surface area contributed by atoms with E-state index in [-0.39, 0.29) is 5.50 Å². The third-order valence-corrected chi connectivity index (χ3v) is 3.82. The van der Waals surface area contributed by atoms with Crippen LogP contribution in [0.1, 0.15) is 15.9 Å². The maximum absolute atomic E-state index is 12.2. The number of rotatable bonds is 1. The minimum atomic E-state index is -0.466. The molecule has 5 heteroatoms. The third kappa shape index (κ3) is 2.07. The number of fused-ring (bicyclic) bond motifs is 1. The number of hydrogen-bond acceptors (Lipinski definition) is 4. The second kappa shape index (κ2) is 4.79. The summed E-state index contributed by atoms with van der Waals surface area (Å²) in [5.74, 6) is -0.915. The Balaban J connectivity index is 2.04. The summed E-state index contributed by atoms with van der Waals surface area (Å²) >= 11 is 6.22. The van der Waals surface area contributed by atoms with Gasteiger partial charge in [0.05, 0.1) is 5.70 Å². The Bertz CT molecular complexity index is 583. The van der Waals surface area contributed by atoms with E-state index in [1.54, 1.807) is 23.1 Å². The van der Waals surface area contributed by atoms with E-state index in [1.165, 1.54) is 0 Å². The van der Waals surface area contributed by atoms with Gasteiger partial charge >= 0.3 is 0 Å². The molecule has 0 radical (unpaired) electrons. The Hall–Kier alpha value is -1.65. The number of nitrogens with one attached hydrogen (secondary N) is 1. The second-order valence-electron chi connectivity index (χ2n) is 4.61. The van der Waals surface area contributed by atoms with Crippen LogP contribution in [-0.2, 0) is 4.79 Å². The van der Waals surface area contributed by atoms with Gasteiger partial charge in [-0.2, -0.15) is 0 Å². The molecule has 1 aromatic rings. The van der Waals surface area contributed by atoms with Gasteiger partial charge in [0.15, 0.2) is 0 Å². The molecule has 4 nitrogen and oxygen atoms in total. The number of alkyl halides is 1. The first kappa shape index (κ1) is 12.4. The molecule has 1 aliphatic carbocycles. The minimum Gasteiger partial charge on any atom is -0.349 e. The number of hydrogen-bond donors (Lipinski definition) is 1. The van der Waals surface area contributed by atoms with Gasteiger partial charge in [0.2, 0.25) is 11.6 Å². The van der Waals surface area contributed by atoms with E-state index in [4.69, 9.17) is 11.6 Å². The van der Waals surface area contributed by atoms with Crippen LogP contribution in [0.5, 0.6) is 0 Å². The molecular weight excluding hydrogens is 264 g/mol. The Morgan fingerprint density at radius 2 is 2.00 bits per heavy atom. The predicted octanol–water partition coefficient (Wildman–Crippen LogP) is 1.26. The largest absolute Gasteiger partial charge is 0.349 e. The van der Waals surface area contributed by atoms with Crippen molar-refractivity contribution < 1.29 is 9.59 Å². The summed E-state index contributed by atoms with van der Waals surface area (Å²) in [4.78, 5) is 26.1. The van der Waals surface area contributed by atoms with Crippen LogP contribution in [0.25, 0.3) is 6.08 Å². The van der Waals surface area contributed by atoms with Crippen LogP contribution in [0.15, 0.2) is 30.0 Å². The molecule has 1 aliphatic heterocycles. The normalized spacial score (nSPS) is 23.1. The Morgan fingerprint density at radius 1 is 1.21 bits per heavy atom. The van der Waals surface area contributed by atoms with Crippen LogP contribution < -0.4 is 5.32 Å². The summed E-state index contributed by atoms with van der Waals surface area (Å²) < 4.78 is 0. The standard InChI is InChI=1S/C14H13ClN2O2/c15-12-8-16-5-6-17(12)11-7-9-3-1-2-4-10(9)13(18)14(11)19/h1-4,7,12,16H,5-6,8H2. The lowest BCUT2D eigenvalue weighted by Crippen LogP contribution is -2.50. The lowest BCUT2D eigenvalue weighted by atomic mass is 9.92. The molecule has 1 heterocycles. The number of halogens is 1. The number of nitrogens with zero attached hydrogens (tertiary/aromatic N) is 1. The highest BCUT2D eigenvalue weighted by Crippen LogP contribution is 2.26. The molecule has 1 atom stereocenters. The highest BCUT2D eigenvalue weighted by Gasteiger charge is 2.33. The fourth-order valence-electron chi connectivity index (χ4n) is 2.44. The van der Waals surface area contributed by atoms with Gasteiger partial charge < -0.3 is 10.2 Å². The number of carbonyl (C=O) groups is 2. The smallest absolute Gasteiger partial charge is 0.249 e. The lowest BCUT2D eigenvalue weighted by molar-refractivity contribution is -0.113. The molecule has 0 bridgehead atoms. The minimum absolute atomic E-state index is 0.304. The van der Waals surface area contributed by atoms with E-state index in [0.717, 1.165) is 12.1 Å². The van der Waals surface area contributed by atoms with Gasteiger partial charge in [-0.25, -0.2) is 0 Å².